The number of carbonyl (C=O) groups excluding carboxylic acids is 3. The second-order valence-corrected chi connectivity index (χ2v) is 14.9. The van der Waals surface area contributed by atoms with E-state index < -0.39 is 18.0 Å². The van der Waals surface area contributed by atoms with Gasteiger partial charge in [0, 0.05) is 19.8 Å². The molecule has 1 aromatic rings. The Morgan fingerprint density at radius 1 is 0.558 bits per heavy atom. The Morgan fingerprint density at radius 2 is 0.923 bits per heavy atom. The summed E-state index contributed by atoms with van der Waals surface area (Å²) < 4.78 is 28.5. The predicted octanol–water partition coefficient (Wildman–Crippen LogP) is 12.3. The molecule has 0 N–H and O–H groups in total. The summed E-state index contributed by atoms with van der Waals surface area (Å²) in [7, 11) is 0. The molecule has 8 heteroatoms. The van der Waals surface area contributed by atoms with Crippen molar-refractivity contribution in [1.29, 1.82) is 0 Å². The Balaban J connectivity index is 1.67. The van der Waals surface area contributed by atoms with Gasteiger partial charge in [-0.1, -0.05) is 180 Å². The molecule has 0 aliphatic carbocycles. The fourth-order valence-corrected chi connectivity index (χ4v) is 6.73. The molecular weight excluding hydrogens is 656 g/mol. The molecular formula is C44H74O8. The Morgan fingerprint density at radius 3 is 1.33 bits per heavy atom. The van der Waals surface area contributed by atoms with Crippen LogP contribution in [0.4, 0.5) is 0 Å². The SMILES string of the molecule is CCCCCCCCCCCCCCCC(=O)OCC(COC(=O)CCCCCCCCCCCCCCC)OC1(C)OC(=O)c2ccccc2O1. The summed E-state index contributed by atoms with van der Waals surface area (Å²) >= 11 is 0. The summed E-state index contributed by atoms with van der Waals surface area (Å²) in [6.07, 6.45) is 31.9. The lowest BCUT2D eigenvalue weighted by Crippen LogP contribution is -2.48. The lowest BCUT2D eigenvalue weighted by molar-refractivity contribution is -0.333. The number of hydrogen-bond acceptors (Lipinski definition) is 8. The maximum absolute atomic E-state index is 12.7. The van der Waals surface area contributed by atoms with Gasteiger partial charge in [-0.2, -0.15) is 0 Å². The van der Waals surface area contributed by atoms with Crippen molar-refractivity contribution in [2.24, 2.45) is 0 Å². The highest BCUT2D eigenvalue weighted by Gasteiger charge is 2.42. The summed E-state index contributed by atoms with van der Waals surface area (Å²) in [6.45, 7) is 5.69. The van der Waals surface area contributed by atoms with E-state index in [0.717, 1.165) is 38.5 Å². The Labute approximate surface area is 316 Å². The van der Waals surface area contributed by atoms with E-state index in [0.29, 0.717) is 24.2 Å². The zero-order valence-corrected chi connectivity index (χ0v) is 33.4. The minimum atomic E-state index is -1.76. The molecule has 0 fully saturated rings. The molecule has 298 valence electrons. The maximum Gasteiger partial charge on any atom is 0.371 e. The van der Waals surface area contributed by atoms with E-state index in [1.54, 1.807) is 24.3 Å². The highest BCUT2D eigenvalue weighted by Crippen LogP contribution is 2.32. The summed E-state index contributed by atoms with van der Waals surface area (Å²) in [5.74, 6) is -2.67. The second-order valence-electron chi connectivity index (χ2n) is 14.9. The number of cyclic esters (lactones) is 1. The molecule has 0 bridgehead atoms. The fourth-order valence-electron chi connectivity index (χ4n) is 6.73. The molecule has 0 amide bonds. The molecule has 1 atom stereocenters. The number of unbranched alkanes of at least 4 members (excludes halogenated alkanes) is 24. The van der Waals surface area contributed by atoms with E-state index >= 15 is 0 Å². The Hall–Kier alpha value is -2.61. The standard InChI is InChI=1S/C44H74O8/c1-4-6-8-10-12-14-16-18-20-22-24-26-28-34-41(45)48-36-38(50-44(3)51-40-33-31-30-32-39(40)43(47)52-44)37-49-42(46)35-29-27-25-23-21-19-17-15-13-11-9-7-5-2/h30-33,38H,4-29,34-37H2,1-3H3. The molecule has 0 radical (unpaired) electrons. The average Bonchev–Trinajstić information content (AvgIpc) is 3.13. The first-order valence-corrected chi connectivity index (χ1v) is 21.4. The molecule has 1 unspecified atom stereocenters. The number of rotatable bonds is 34. The second kappa shape index (κ2) is 29.8. The van der Waals surface area contributed by atoms with Crippen LogP contribution in [0.15, 0.2) is 24.3 Å². The van der Waals surface area contributed by atoms with Crippen molar-refractivity contribution in [2.75, 3.05) is 13.2 Å². The largest absolute Gasteiger partial charge is 0.463 e. The van der Waals surface area contributed by atoms with Crippen molar-refractivity contribution in [2.45, 2.75) is 213 Å². The lowest BCUT2D eigenvalue weighted by atomic mass is 10.0. The van der Waals surface area contributed by atoms with Gasteiger partial charge in [-0.25, -0.2) is 4.79 Å². The van der Waals surface area contributed by atoms with Crippen molar-refractivity contribution in [1.82, 2.24) is 0 Å². The van der Waals surface area contributed by atoms with Crippen molar-refractivity contribution in [3.05, 3.63) is 29.8 Å². The third kappa shape index (κ3) is 22.5. The van der Waals surface area contributed by atoms with Crippen LogP contribution < -0.4 is 4.74 Å². The minimum Gasteiger partial charge on any atom is -0.463 e. The smallest absolute Gasteiger partial charge is 0.371 e. The highest BCUT2D eigenvalue weighted by atomic mass is 16.9. The number of para-hydroxylation sites is 1. The number of benzene rings is 1. The molecule has 0 spiro atoms. The van der Waals surface area contributed by atoms with Crippen LogP contribution in [-0.4, -0.2) is 43.2 Å². The minimum absolute atomic E-state index is 0.151. The van der Waals surface area contributed by atoms with Gasteiger partial charge < -0.3 is 18.9 Å². The average molecular weight is 731 g/mol. The topological polar surface area (TPSA) is 97.4 Å². The van der Waals surface area contributed by atoms with Gasteiger partial charge in [-0.3, -0.25) is 14.3 Å². The van der Waals surface area contributed by atoms with Gasteiger partial charge in [0.1, 0.15) is 30.6 Å². The molecule has 0 saturated carbocycles. The van der Waals surface area contributed by atoms with E-state index in [9.17, 15) is 14.4 Å². The summed E-state index contributed by atoms with van der Waals surface area (Å²) in [6, 6.07) is 6.76. The third-order valence-corrected chi connectivity index (χ3v) is 9.89. The van der Waals surface area contributed by atoms with Gasteiger partial charge >= 0.3 is 23.9 Å². The van der Waals surface area contributed by atoms with Crippen LogP contribution >= 0.6 is 0 Å². The van der Waals surface area contributed by atoms with Crippen LogP contribution in [-0.2, 0) is 28.5 Å². The Kier molecular flexibility index (Phi) is 26.1. The van der Waals surface area contributed by atoms with E-state index in [2.05, 4.69) is 13.8 Å². The van der Waals surface area contributed by atoms with Gasteiger partial charge in [0.05, 0.1) is 0 Å². The molecule has 1 aromatic carbocycles. The molecule has 0 saturated heterocycles. The molecule has 2 rings (SSSR count). The first kappa shape index (κ1) is 45.5. The normalized spacial score (nSPS) is 15.3. The number of esters is 3. The van der Waals surface area contributed by atoms with Crippen molar-refractivity contribution < 1.29 is 38.1 Å². The molecule has 1 heterocycles. The van der Waals surface area contributed by atoms with Crippen molar-refractivity contribution in [3.63, 3.8) is 0 Å². The van der Waals surface area contributed by atoms with Crippen LogP contribution in [0.25, 0.3) is 0 Å². The van der Waals surface area contributed by atoms with Crippen LogP contribution in [0.3, 0.4) is 0 Å². The summed E-state index contributed by atoms with van der Waals surface area (Å²) in [5, 5.41) is 0. The van der Waals surface area contributed by atoms with E-state index in [-0.39, 0.29) is 25.2 Å². The van der Waals surface area contributed by atoms with Gasteiger partial charge in [0.15, 0.2) is 0 Å². The predicted molar refractivity (Wildman–Crippen MR) is 208 cm³/mol. The monoisotopic (exact) mass is 731 g/mol. The first-order valence-electron chi connectivity index (χ1n) is 21.4. The quantitative estimate of drug-likeness (QED) is 0.0393. The van der Waals surface area contributed by atoms with Gasteiger partial charge in [0.25, 0.3) is 0 Å². The van der Waals surface area contributed by atoms with Gasteiger partial charge in [0.2, 0.25) is 0 Å². The van der Waals surface area contributed by atoms with Crippen LogP contribution in [0.2, 0.25) is 0 Å². The highest BCUT2D eigenvalue weighted by molar-refractivity contribution is 5.93. The zero-order chi connectivity index (χ0) is 37.5. The maximum atomic E-state index is 12.7. The van der Waals surface area contributed by atoms with Crippen molar-refractivity contribution in [3.8, 4) is 5.75 Å². The van der Waals surface area contributed by atoms with Gasteiger partial charge in [-0.15, -0.1) is 0 Å². The van der Waals surface area contributed by atoms with Crippen molar-refractivity contribution >= 4 is 17.9 Å². The number of hydrogen-bond donors (Lipinski definition) is 0. The zero-order valence-electron chi connectivity index (χ0n) is 33.4. The summed E-state index contributed by atoms with van der Waals surface area (Å²) in [4.78, 5) is 37.9. The first-order chi connectivity index (χ1) is 25.4. The number of ether oxygens (including phenoxy) is 5. The van der Waals surface area contributed by atoms with E-state index in [1.165, 1.54) is 135 Å². The summed E-state index contributed by atoms with van der Waals surface area (Å²) in [5.41, 5.74) is 0.300. The molecule has 1 aliphatic heterocycles. The Bertz CT molecular complexity index is 1030. The van der Waals surface area contributed by atoms with Crippen LogP contribution in [0.1, 0.15) is 211 Å². The number of fused-ring (bicyclic) bond motifs is 1. The van der Waals surface area contributed by atoms with Gasteiger partial charge in [-0.05, 0) is 25.0 Å². The molecule has 52 heavy (non-hydrogen) atoms. The fraction of sp³-hybridized carbons (Fsp3) is 0.795. The molecule has 8 nitrogen and oxygen atoms in total. The lowest BCUT2D eigenvalue weighted by Gasteiger charge is -2.36. The third-order valence-electron chi connectivity index (χ3n) is 9.89. The molecule has 1 aliphatic rings. The van der Waals surface area contributed by atoms with E-state index in [1.807, 2.05) is 0 Å². The van der Waals surface area contributed by atoms with Crippen LogP contribution in [0, 0.1) is 0 Å². The van der Waals surface area contributed by atoms with E-state index in [4.69, 9.17) is 23.7 Å². The molecule has 0 aromatic heterocycles. The van der Waals surface area contributed by atoms with Crippen LogP contribution in [0.5, 0.6) is 5.75 Å². The number of carbonyl (C=O) groups is 3.